The number of para-hydroxylation sites is 1. The Morgan fingerprint density at radius 1 is 1.28 bits per heavy atom. The number of carbonyl (C=O) groups excluding carboxylic acids is 2. The van der Waals surface area contributed by atoms with E-state index in [2.05, 4.69) is 5.32 Å². The number of ether oxygens (including phenoxy) is 1. The molecule has 0 spiro atoms. The summed E-state index contributed by atoms with van der Waals surface area (Å²) in [6.45, 7) is -0.514. The minimum atomic E-state index is -0.851. The van der Waals surface area contributed by atoms with Crippen LogP contribution in [0, 0.1) is 10.1 Å². The Morgan fingerprint density at radius 3 is 2.68 bits per heavy atom. The van der Waals surface area contributed by atoms with Gasteiger partial charge in [0, 0.05) is 11.0 Å². The number of nitrogen functional groups attached to an aromatic ring is 1. The predicted octanol–water partition coefficient (Wildman–Crippen LogP) is 2.69. The van der Waals surface area contributed by atoms with Gasteiger partial charge in [-0.3, -0.25) is 14.9 Å². The molecule has 2 aromatic carbocycles. The first-order valence-corrected chi connectivity index (χ1v) is 8.28. The van der Waals surface area contributed by atoms with Gasteiger partial charge in [0.1, 0.15) is 5.69 Å². The van der Waals surface area contributed by atoms with Crippen LogP contribution in [-0.2, 0) is 9.53 Å². The van der Waals surface area contributed by atoms with Crippen LogP contribution in [0.4, 0.5) is 17.1 Å². The lowest BCUT2D eigenvalue weighted by Crippen LogP contribution is -2.21. The van der Waals surface area contributed by atoms with E-state index in [4.69, 9.17) is 10.5 Å². The van der Waals surface area contributed by atoms with Crippen LogP contribution in [0.3, 0.4) is 0 Å². The summed E-state index contributed by atoms with van der Waals surface area (Å²) in [5.74, 6) is -1.36. The van der Waals surface area contributed by atoms with E-state index in [1.54, 1.807) is 12.1 Å². The van der Waals surface area contributed by atoms with Crippen molar-refractivity contribution in [2.24, 2.45) is 0 Å². The van der Waals surface area contributed by atoms with E-state index >= 15 is 0 Å². The third kappa shape index (κ3) is 4.70. The summed E-state index contributed by atoms with van der Waals surface area (Å²) in [4.78, 5) is 34.9. The lowest BCUT2D eigenvalue weighted by atomic mass is 10.2. The van der Waals surface area contributed by atoms with Crippen molar-refractivity contribution in [2.75, 3.05) is 23.9 Å². The smallest absolute Gasteiger partial charge is 0.338 e. The van der Waals surface area contributed by atoms with Crippen LogP contribution in [0.25, 0.3) is 0 Å². The molecule has 9 heteroatoms. The fraction of sp³-hybridized carbons (Fsp3) is 0.125. The molecule has 1 amide bonds. The van der Waals surface area contributed by atoms with Crippen molar-refractivity contribution in [1.82, 2.24) is 0 Å². The Labute approximate surface area is 147 Å². The van der Waals surface area contributed by atoms with Gasteiger partial charge < -0.3 is 15.8 Å². The molecular formula is C16H15N3O5S. The molecule has 0 radical (unpaired) electrons. The lowest BCUT2D eigenvalue weighted by molar-refractivity contribution is -0.383. The highest BCUT2D eigenvalue weighted by atomic mass is 32.2. The van der Waals surface area contributed by atoms with Crippen molar-refractivity contribution in [3.05, 3.63) is 58.1 Å². The average Bonchev–Trinajstić information content (AvgIpc) is 2.60. The number of nitrogens with zero attached hydrogens (tertiary/aromatic N) is 1. The minimum absolute atomic E-state index is 0.0572. The van der Waals surface area contributed by atoms with E-state index in [-0.39, 0.29) is 11.3 Å². The van der Waals surface area contributed by atoms with Gasteiger partial charge in [-0.25, -0.2) is 4.79 Å². The van der Waals surface area contributed by atoms with Crippen molar-refractivity contribution in [3.63, 3.8) is 0 Å². The maximum atomic E-state index is 11.9. The van der Waals surface area contributed by atoms with Crippen molar-refractivity contribution in [3.8, 4) is 0 Å². The molecule has 0 heterocycles. The number of nitro benzene ring substituents is 1. The second kappa shape index (κ2) is 8.15. The number of nitro groups is 1. The summed E-state index contributed by atoms with van der Waals surface area (Å²) in [5.41, 5.74) is 5.56. The zero-order valence-electron chi connectivity index (χ0n) is 13.2. The molecule has 0 saturated carbocycles. The number of benzene rings is 2. The fourth-order valence-electron chi connectivity index (χ4n) is 1.98. The van der Waals surface area contributed by atoms with Crippen molar-refractivity contribution < 1.29 is 19.2 Å². The van der Waals surface area contributed by atoms with Crippen molar-refractivity contribution in [1.29, 1.82) is 0 Å². The largest absolute Gasteiger partial charge is 0.452 e. The number of anilines is 2. The Morgan fingerprint density at radius 2 is 2.00 bits per heavy atom. The summed E-state index contributed by atoms with van der Waals surface area (Å²) in [5, 5.41) is 13.5. The molecule has 130 valence electrons. The second-order valence-electron chi connectivity index (χ2n) is 4.86. The first-order valence-electron chi connectivity index (χ1n) is 7.06. The molecule has 2 rings (SSSR count). The summed E-state index contributed by atoms with van der Waals surface area (Å²) < 4.78 is 4.89. The van der Waals surface area contributed by atoms with Gasteiger partial charge in [-0.15, -0.1) is 11.8 Å². The van der Waals surface area contributed by atoms with Gasteiger partial charge in [0.15, 0.2) is 6.61 Å². The molecule has 0 fully saturated rings. The number of hydrogen-bond acceptors (Lipinski definition) is 7. The number of hydrogen-bond donors (Lipinski definition) is 2. The molecular weight excluding hydrogens is 346 g/mol. The number of rotatable bonds is 6. The number of nitrogens with two attached hydrogens (primary N) is 1. The van der Waals surface area contributed by atoms with Crippen LogP contribution in [-0.4, -0.2) is 29.7 Å². The minimum Gasteiger partial charge on any atom is -0.452 e. The molecule has 0 aliphatic heterocycles. The zero-order chi connectivity index (χ0) is 18.4. The van der Waals surface area contributed by atoms with Crippen LogP contribution >= 0.6 is 11.8 Å². The van der Waals surface area contributed by atoms with E-state index < -0.39 is 29.1 Å². The van der Waals surface area contributed by atoms with E-state index in [1.165, 1.54) is 23.9 Å². The Balaban J connectivity index is 1.99. The van der Waals surface area contributed by atoms with Gasteiger partial charge in [-0.2, -0.15) is 0 Å². The average molecular weight is 361 g/mol. The Bertz CT molecular complexity index is 825. The van der Waals surface area contributed by atoms with Crippen LogP contribution in [0.5, 0.6) is 0 Å². The van der Waals surface area contributed by atoms with Crippen LogP contribution in [0.15, 0.2) is 47.4 Å². The third-order valence-electron chi connectivity index (χ3n) is 3.18. The highest BCUT2D eigenvalue weighted by Crippen LogP contribution is 2.25. The van der Waals surface area contributed by atoms with Gasteiger partial charge in [-0.05, 0) is 30.5 Å². The predicted molar refractivity (Wildman–Crippen MR) is 94.6 cm³/mol. The highest BCUT2D eigenvalue weighted by Gasteiger charge is 2.17. The maximum Gasteiger partial charge on any atom is 0.338 e. The standard InChI is InChI=1S/C16H15N3O5S/c1-25-14-5-3-2-4-12(14)18-15(20)9-24-16(21)10-6-7-11(17)13(8-10)19(22)23/h2-8H,9,17H2,1H3,(H,18,20). The number of nitrogens with one attached hydrogen (secondary N) is 1. The molecule has 8 nitrogen and oxygen atoms in total. The fourth-order valence-corrected chi connectivity index (χ4v) is 2.53. The molecule has 0 aliphatic rings. The third-order valence-corrected chi connectivity index (χ3v) is 3.97. The highest BCUT2D eigenvalue weighted by molar-refractivity contribution is 7.98. The number of amides is 1. The summed E-state index contributed by atoms with van der Waals surface area (Å²) in [7, 11) is 0. The molecule has 3 N–H and O–H groups in total. The summed E-state index contributed by atoms with van der Waals surface area (Å²) >= 11 is 1.47. The SMILES string of the molecule is CSc1ccccc1NC(=O)COC(=O)c1ccc(N)c([N+](=O)[O-])c1. The van der Waals surface area contributed by atoms with E-state index in [9.17, 15) is 19.7 Å². The van der Waals surface area contributed by atoms with E-state index in [0.29, 0.717) is 5.69 Å². The molecule has 0 atom stereocenters. The Hall–Kier alpha value is -3.07. The van der Waals surface area contributed by atoms with Gasteiger partial charge in [0.2, 0.25) is 0 Å². The monoisotopic (exact) mass is 361 g/mol. The normalized spacial score (nSPS) is 10.1. The quantitative estimate of drug-likeness (QED) is 0.266. The number of carbonyl (C=O) groups is 2. The van der Waals surface area contributed by atoms with Gasteiger partial charge >= 0.3 is 5.97 Å². The van der Waals surface area contributed by atoms with E-state index in [1.807, 2.05) is 18.4 Å². The molecule has 0 aliphatic carbocycles. The molecule has 0 saturated heterocycles. The van der Waals surface area contributed by atoms with Gasteiger partial charge in [0.05, 0.1) is 16.2 Å². The summed E-state index contributed by atoms with van der Waals surface area (Å²) in [6.07, 6.45) is 1.87. The van der Waals surface area contributed by atoms with Crippen molar-refractivity contribution in [2.45, 2.75) is 4.90 Å². The molecule has 0 bridgehead atoms. The zero-order valence-corrected chi connectivity index (χ0v) is 14.0. The topological polar surface area (TPSA) is 125 Å². The van der Waals surface area contributed by atoms with Crippen LogP contribution < -0.4 is 11.1 Å². The Kier molecular flexibility index (Phi) is 5.96. The molecule has 25 heavy (non-hydrogen) atoms. The van der Waals surface area contributed by atoms with Gasteiger partial charge in [-0.1, -0.05) is 12.1 Å². The molecule has 0 aromatic heterocycles. The number of esters is 1. The first kappa shape index (κ1) is 18.3. The van der Waals surface area contributed by atoms with Crippen LogP contribution in [0.1, 0.15) is 10.4 Å². The maximum absolute atomic E-state index is 11.9. The molecule has 0 unspecified atom stereocenters. The van der Waals surface area contributed by atoms with Crippen LogP contribution in [0.2, 0.25) is 0 Å². The number of thioether (sulfide) groups is 1. The van der Waals surface area contributed by atoms with Crippen molar-refractivity contribution >= 4 is 40.7 Å². The second-order valence-corrected chi connectivity index (χ2v) is 5.70. The molecule has 2 aromatic rings. The summed E-state index contributed by atoms with van der Waals surface area (Å²) in [6, 6.07) is 10.7. The van der Waals surface area contributed by atoms with Gasteiger partial charge in [0.25, 0.3) is 11.6 Å². The lowest BCUT2D eigenvalue weighted by Gasteiger charge is -2.09. The van der Waals surface area contributed by atoms with E-state index in [0.717, 1.165) is 11.0 Å². The first-order chi connectivity index (χ1) is 11.9.